The molecule has 0 spiro atoms. The van der Waals surface area contributed by atoms with Crippen molar-refractivity contribution in [1.82, 2.24) is 30.7 Å². The molecule has 1 aliphatic rings. The highest BCUT2D eigenvalue weighted by atomic mass is 16.5. The summed E-state index contributed by atoms with van der Waals surface area (Å²) >= 11 is 0. The zero-order chi connectivity index (χ0) is 13.2. The van der Waals surface area contributed by atoms with Crippen LogP contribution in [0.2, 0.25) is 0 Å². The largest absolute Gasteiger partial charge is 0.347 e. The van der Waals surface area contributed by atoms with Crippen LogP contribution in [0.15, 0.2) is 10.9 Å². The molecule has 0 aliphatic carbocycles. The number of aromatic nitrogens is 4. The zero-order valence-corrected chi connectivity index (χ0v) is 10.4. The van der Waals surface area contributed by atoms with Crippen LogP contribution in [-0.2, 0) is 24.3 Å². The van der Waals surface area contributed by atoms with Gasteiger partial charge in [-0.15, -0.1) is 0 Å². The van der Waals surface area contributed by atoms with Crippen molar-refractivity contribution in [3.63, 3.8) is 0 Å². The van der Waals surface area contributed by atoms with Gasteiger partial charge in [0.05, 0.1) is 30.3 Å². The lowest BCUT2D eigenvalue weighted by molar-refractivity contribution is -0.123. The van der Waals surface area contributed by atoms with Crippen molar-refractivity contribution >= 4 is 5.91 Å². The fourth-order valence-electron chi connectivity index (χ4n) is 2.06. The Morgan fingerprint density at radius 3 is 3.32 bits per heavy atom. The highest BCUT2D eigenvalue weighted by Crippen LogP contribution is 2.12. The first-order chi connectivity index (χ1) is 9.22. The molecule has 0 aromatic carbocycles. The predicted molar refractivity (Wildman–Crippen MR) is 63.8 cm³/mol. The molecule has 1 unspecified atom stereocenters. The van der Waals surface area contributed by atoms with Crippen molar-refractivity contribution in [3.05, 3.63) is 29.4 Å². The summed E-state index contributed by atoms with van der Waals surface area (Å²) in [5.74, 6) is 0.874. The Labute approximate surface area is 109 Å². The molecule has 0 radical (unpaired) electrons. The molecule has 2 aromatic rings. The number of fused-ring (bicyclic) bond motifs is 1. The molecule has 19 heavy (non-hydrogen) atoms. The van der Waals surface area contributed by atoms with Crippen molar-refractivity contribution < 1.29 is 9.32 Å². The smallest absolute Gasteiger partial charge is 0.237 e. The molecule has 0 saturated carbocycles. The maximum absolute atomic E-state index is 12.0. The number of imidazole rings is 1. The normalized spacial score (nSPS) is 18.1. The molecule has 0 bridgehead atoms. The summed E-state index contributed by atoms with van der Waals surface area (Å²) in [6, 6.07) is -0.274. The molecule has 1 atom stereocenters. The molecule has 8 nitrogen and oxygen atoms in total. The average molecular weight is 262 g/mol. The third-order valence-electron chi connectivity index (χ3n) is 3.04. The van der Waals surface area contributed by atoms with Gasteiger partial charge < -0.3 is 14.8 Å². The summed E-state index contributed by atoms with van der Waals surface area (Å²) in [5, 5.41) is 9.66. The van der Waals surface area contributed by atoms with Gasteiger partial charge in [0.25, 0.3) is 0 Å². The number of hydrogen-bond acceptors (Lipinski definition) is 6. The molecule has 0 fully saturated rings. The van der Waals surface area contributed by atoms with Gasteiger partial charge in [-0.3, -0.25) is 10.1 Å². The van der Waals surface area contributed by atoms with E-state index in [1.165, 1.54) is 0 Å². The van der Waals surface area contributed by atoms with Gasteiger partial charge in [0.15, 0.2) is 5.82 Å². The van der Waals surface area contributed by atoms with E-state index in [-0.39, 0.29) is 18.5 Å². The number of aromatic amines is 1. The van der Waals surface area contributed by atoms with Crippen molar-refractivity contribution in [2.75, 3.05) is 0 Å². The van der Waals surface area contributed by atoms with E-state index in [9.17, 15) is 4.79 Å². The van der Waals surface area contributed by atoms with E-state index >= 15 is 0 Å². The Morgan fingerprint density at radius 2 is 2.53 bits per heavy atom. The number of rotatable bonds is 3. The van der Waals surface area contributed by atoms with E-state index < -0.39 is 0 Å². The lowest BCUT2D eigenvalue weighted by atomic mass is 10.0. The van der Waals surface area contributed by atoms with Gasteiger partial charge in [-0.2, -0.15) is 4.98 Å². The maximum atomic E-state index is 12.0. The number of carbonyl (C=O) groups is 1. The van der Waals surface area contributed by atoms with Crippen LogP contribution in [0.3, 0.4) is 0 Å². The van der Waals surface area contributed by atoms with Crippen LogP contribution in [-0.4, -0.2) is 32.1 Å². The van der Waals surface area contributed by atoms with Crippen molar-refractivity contribution in [1.29, 1.82) is 0 Å². The molecule has 3 heterocycles. The molecular formula is C11H14N6O2. The second kappa shape index (κ2) is 4.81. The lowest BCUT2D eigenvalue weighted by Gasteiger charge is -2.21. The van der Waals surface area contributed by atoms with Gasteiger partial charge in [-0.1, -0.05) is 5.16 Å². The fourth-order valence-corrected chi connectivity index (χ4v) is 2.06. The molecule has 100 valence electrons. The van der Waals surface area contributed by atoms with E-state index in [1.807, 2.05) is 0 Å². The maximum Gasteiger partial charge on any atom is 0.237 e. The highest BCUT2D eigenvalue weighted by molar-refractivity contribution is 5.82. The number of nitrogens with zero attached hydrogens (tertiary/aromatic N) is 3. The van der Waals surface area contributed by atoms with Crippen molar-refractivity contribution in [2.24, 2.45) is 0 Å². The van der Waals surface area contributed by atoms with Crippen molar-refractivity contribution in [3.8, 4) is 0 Å². The topological polar surface area (TPSA) is 109 Å². The van der Waals surface area contributed by atoms with Crippen LogP contribution >= 0.6 is 0 Å². The van der Waals surface area contributed by atoms with E-state index in [1.54, 1.807) is 13.3 Å². The minimum Gasteiger partial charge on any atom is -0.347 e. The SMILES string of the molecule is Cc1nc(CNC(=O)C2Cc3nc[nH]c3CN2)no1. The van der Waals surface area contributed by atoms with E-state index in [2.05, 4.69) is 30.7 Å². The molecule has 3 N–H and O–H groups in total. The third-order valence-corrected chi connectivity index (χ3v) is 3.04. The summed E-state index contributed by atoms with van der Waals surface area (Å²) in [5.41, 5.74) is 1.98. The Bertz CT molecular complexity index is 590. The Morgan fingerprint density at radius 1 is 1.63 bits per heavy atom. The molecule has 1 amide bonds. The number of aryl methyl sites for hydroxylation is 1. The van der Waals surface area contributed by atoms with Gasteiger partial charge >= 0.3 is 0 Å². The number of amides is 1. The van der Waals surface area contributed by atoms with Crippen LogP contribution in [0, 0.1) is 6.92 Å². The monoisotopic (exact) mass is 262 g/mol. The third kappa shape index (κ3) is 2.48. The Hall–Kier alpha value is -2.22. The van der Waals surface area contributed by atoms with Crippen LogP contribution in [0.25, 0.3) is 0 Å². The van der Waals surface area contributed by atoms with Crippen molar-refractivity contribution in [2.45, 2.75) is 32.5 Å². The van der Waals surface area contributed by atoms with Gasteiger partial charge in [-0.25, -0.2) is 4.98 Å². The summed E-state index contributed by atoms with van der Waals surface area (Å²) in [6.45, 7) is 2.59. The number of carbonyl (C=O) groups excluding carboxylic acids is 1. The minimum atomic E-state index is -0.274. The first kappa shape index (κ1) is 11.8. The second-order valence-electron chi connectivity index (χ2n) is 4.41. The molecule has 0 saturated heterocycles. The molecular weight excluding hydrogens is 248 g/mol. The number of H-pyrrole nitrogens is 1. The molecule has 2 aromatic heterocycles. The standard InChI is InChI=1S/C11H14N6O2/c1-6-16-10(17-19-6)4-13-11(18)8-2-7-9(3-12-8)15-5-14-7/h5,8,12H,2-4H2,1H3,(H,13,18)(H,14,15). The average Bonchev–Trinajstić information content (AvgIpc) is 3.03. The lowest BCUT2D eigenvalue weighted by Crippen LogP contribution is -2.47. The first-order valence-electron chi connectivity index (χ1n) is 6.04. The Balaban J connectivity index is 1.57. The van der Waals surface area contributed by atoms with E-state index in [0.29, 0.717) is 24.7 Å². The number of nitrogens with one attached hydrogen (secondary N) is 3. The van der Waals surface area contributed by atoms with Crippen LogP contribution < -0.4 is 10.6 Å². The highest BCUT2D eigenvalue weighted by Gasteiger charge is 2.25. The van der Waals surface area contributed by atoms with Crippen LogP contribution in [0.5, 0.6) is 0 Å². The summed E-state index contributed by atoms with van der Waals surface area (Å²) in [6.07, 6.45) is 2.23. The quantitative estimate of drug-likeness (QED) is 0.683. The van der Waals surface area contributed by atoms with Gasteiger partial charge in [0.1, 0.15) is 0 Å². The number of hydrogen-bond donors (Lipinski definition) is 3. The van der Waals surface area contributed by atoms with Crippen LogP contribution in [0.1, 0.15) is 23.1 Å². The summed E-state index contributed by atoms with van der Waals surface area (Å²) in [4.78, 5) is 23.3. The summed E-state index contributed by atoms with van der Waals surface area (Å²) in [7, 11) is 0. The molecule has 3 rings (SSSR count). The van der Waals surface area contributed by atoms with Crippen LogP contribution in [0.4, 0.5) is 0 Å². The zero-order valence-electron chi connectivity index (χ0n) is 10.4. The van der Waals surface area contributed by atoms with Gasteiger partial charge in [0.2, 0.25) is 11.8 Å². The first-order valence-corrected chi connectivity index (χ1v) is 6.04. The predicted octanol–water partition coefficient (Wildman–Crippen LogP) is -0.568. The van der Waals surface area contributed by atoms with Gasteiger partial charge in [-0.05, 0) is 0 Å². The minimum absolute atomic E-state index is 0.0869. The molecule has 8 heteroatoms. The van der Waals surface area contributed by atoms with E-state index in [4.69, 9.17) is 4.52 Å². The van der Waals surface area contributed by atoms with E-state index in [0.717, 1.165) is 11.4 Å². The second-order valence-corrected chi connectivity index (χ2v) is 4.41. The summed E-state index contributed by atoms with van der Waals surface area (Å²) < 4.78 is 4.84. The van der Waals surface area contributed by atoms with Gasteiger partial charge in [0, 0.05) is 19.9 Å². The fraction of sp³-hybridized carbons (Fsp3) is 0.455. The Kier molecular flexibility index (Phi) is 3.00. The molecule has 1 aliphatic heterocycles.